The van der Waals surface area contributed by atoms with Gasteiger partial charge in [0.1, 0.15) is 0 Å². The minimum absolute atomic E-state index is 0.303. The number of hydrogen-bond acceptors (Lipinski definition) is 1. The van der Waals surface area contributed by atoms with E-state index in [0.717, 1.165) is 6.42 Å². The van der Waals surface area contributed by atoms with Gasteiger partial charge < -0.3 is 5.73 Å². The van der Waals surface area contributed by atoms with E-state index in [2.05, 4.69) is 25.7 Å². The van der Waals surface area contributed by atoms with Crippen LogP contribution in [0, 0.1) is 23.2 Å². The average molecular weight is 151 g/mol. The van der Waals surface area contributed by atoms with Crippen molar-refractivity contribution in [2.45, 2.75) is 39.7 Å². The van der Waals surface area contributed by atoms with E-state index in [1.165, 1.54) is 6.42 Å². The lowest BCUT2D eigenvalue weighted by atomic mass is 10.0. The van der Waals surface area contributed by atoms with E-state index < -0.39 is 0 Å². The van der Waals surface area contributed by atoms with Crippen molar-refractivity contribution in [3.05, 3.63) is 0 Å². The largest absolute Gasteiger partial charge is 0.327 e. The molecule has 1 saturated carbocycles. The first-order chi connectivity index (χ1) is 5.08. The fraction of sp³-hybridized carbons (Fsp3) is 0.800. The van der Waals surface area contributed by atoms with Crippen molar-refractivity contribution in [2.75, 3.05) is 0 Å². The summed E-state index contributed by atoms with van der Waals surface area (Å²) in [4.78, 5) is 0. The first-order valence-electron chi connectivity index (χ1n) is 4.23. The standard InChI is InChI=1S/C10H17N/c1-4-5-6-9(11)8-7-10(8,2)3/h8-9H,6-7,11H2,1-3H3. The van der Waals surface area contributed by atoms with Gasteiger partial charge in [0, 0.05) is 12.5 Å². The van der Waals surface area contributed by atoms with Crippen molar-refractivity contribution in [3.8, 4) is 11.8 Å². The first kappa shape index (κ1) is 8.62. The lowest BCUT2D eigenvalue weighted by Crippen LogP contribution is -2.23. The Morgan fingerprint density at radius 2 is 2.18 bits per heavy atom. The van der Waals surface area contributed by atoms with Crippen molar-refractivity contribution in [1.82, 2.24) is 0 Å². The van der Waals surface area contributed by atoms with E-state index in [9.17, 15) is 0 Å². The Morgan fingerprint density at radius 1 is 1.64 bits per heavy atom. The summed E-state index contributed by atoms with van der Waals surface area (Å²) in [6.07, 6.45) is 2.14. The quantitative estimate of drug-likeness (QED) is 0.598. The molecule has 62 valence electrons. The Balaban J connectivity index is 2.32. The molecular weight excluding hydrogens is 134 g/mol. The Hall–Kier alpha value is -0.480. The number of nitrogens with two attached hydrogens (primary N) is 1. The van der Waals surface area contributed by atoms with Crippen LogP contribution in [-0.4, -0.2) is 6.04 Å². The molecular formula is C10H17N. The van der Waals surface area contributed by atoms with Crippen LogP contribution in [0.2, 0.25) is 0 Å². The van der Waals surface area contributed by atoms with Crippen LogP contribution in [-0.2, 0) is 0 Å². The zero-order chi connectivity index (χ0) is 8.48. The fourth-order valence-corrected chi connectivity index (χ4v) is 1.60. The molecule has 0 amide bonds. The second-order valence-corrected chi connectivity index (χ2v) is 4.09. The zero-order valence-electron chi connectivity index (χ0n) is 7.65. The molecule has 1 rings (SSSR count). The second-order valence-electron chi connectivity index (χ2n) is 4.09. The van der Waals surface area contributed by atoms with E-state index in [-0.39, 0.29) is 0 Å². The van der Waals surface area contributed by atoms with Gasteiger partial charge in [0.25, 0.3) is 0 Å². The molecule has 0 heterocycles. The maximum absolute atomic E-state index is 5.94. The van der Waals surface area contributed by atoms with E-state index in [1.54, 1.807) is 0 Å². The Labute approximate surface area is 69.4 Å². The fourth-order valence-electron chi connectivity index (χ4n) is 1.60. The van der Waals surface area contributed by atoms with Crippen LogP contribution >= 0.6 is 0 Å². The third kappa shape index (κ3) is 1.97. The van der Waals surface area contributed by atoms with Gasteiger partial charge in [-0.1, -0.05) is 13.8 Å². The topological polar surface area (TPSA) is 26.0 Å². The van der Waals surface area contributed by atoms with Gasteiger partial charge in [-0.15, -0.1) is 11.8 Å². The van der Waals surface area contributed by atoms with Crippen LogP contribution in [0.4, 0.5) is 0 Å². The van der Waals surface area contributed by atoms with Crippen molar-refractivity contribution >= 4 is 0 Å². The maximum Gasteiger partial charge on any atom is 0.0243 e. The first-order valence-corrected chi connectivity index (χ1v) is 4.23. The molecule has 0 spiro atoms. The molecule has 0 aromatic carbocycles. The number of hydrogen-bond donors (Lipinski definition) is 1. The summed E-state index contributed by atoms with van der Waals surface area (Å²) < 4.78 is 0. The predicted octanol–water partition coefficient (Wildman–Crippen LogP) is 1.77. The maximum atomic E-state index is 5.94. The van der Waals surface area contributed by atoms with Crippen molar-refractivity contribution in [3.63, 3.8) is 0 Å². The van der Waals surface area contributed by atoms with Crippen molar-refractivity contribution < 1.29 is 0 Å². The van der Waals surface area contributed by atoms with Gasteiger partial charge >= 0.3 is 0 Å². The highest BCUT2D eigenvalue weighted by Crippen LogP contribution is 2.53. The molecule has 2 N–H and O–H groups in total. The lowest BCUT2D eigenvalue weighted by molar-refractivity contribution is 0.484. The van der Waals surface area contributed by atoms with Crippen LogP contribution in [0.3, 0.4) is 0 Å². The van der Waals surface area contributed by atoms with Gasteiger partial charge in [-0.3, -0.25) is 0 Å². The summed E-state index contributed by atoms with van der Waals surface area (Å²) in [5.41, 5.74) is 6.43. The summed E-state index contributed by atoms with van der Waals surface area (Å²) in [5, 5.41) is 0. The molecule has 0 bridgehead atoms. The molecule has 1 aliphatic rings. The van der Waals surface area contributed by atoms with Gasteiger partial charge in [-0.05, 0) is 24.7 Å². The monoisotopic (exact) mass is 151 g/mol. The van der Waals surface area contributed by atoms with Gasteiger partial charge in [0.05, 0.1) is 0 Å². The minimum Gasteiger partial charge on any atom is -0.327 e. The molecule has 1 aliphatic carbocycles. The highest BCUT2D eigenvalue weighted by atomic mass is 14.7. The third-order valence-corrected chi connectivity index (χ3v) is 2.62. The Kier molecular flexibility index (Phi) is 2.25. The normalized spacial score (nSPS) is 28.5. The van der Waals surface area contributed by atoms with E-state index in [0.29, 0.717) is 17.4 Å². The summed E-state index contributed by atoms with van der Waals surface area (Å²) >= 11 is 0. The number of rotatable bonds is 2. The van der Waals surface area contributed by atoms with Crippen LogP contribution in [0.1, 0.15) is 33.6 Å². The summed E-state index contributed by atoms with van der Waals surface area (Å²) in [5.74, 6) is 6.62. The van der Waals surface area contributed by atoms with Crippen LogP contribution in [0.15, 0.2) is 0 Å². The van der Waals surface area contributed by atoms with Gasteiger partial charge in [0.2, 0.25) is 0 Å². The molecule has 11 heavy (non-hydrogen) atoms. The minimum atomic E-state index is 0.303. The molecule has 2 unspecified atom stereocenters. The molecule has 0 saturated heterocycles. The Bertz CT molecular complexity index is 195. The highest BCUT2D eigenvalue weighted by Gasteiger charge is 2.48. The zero-order valence-corrected chi connectivity index (χ0v) is 7.65. The molecule has 0 radical (unpaired) electrons. The van der Waals surface area contributed by atoms with E-state index >= 15 is 0 Å². The summed E-state index contributed by atoms with van der Waals surface area (Å²) in [6.45, 7) is 6.42. The molecule has 2 atom stereocenters. The van der Waals surface area contributed by atoms with E-state index in [1.807, 2.05) is 6.92 Å². The highest BCUT2D eigenvalue weighted by molar-refractivity contribution is 5.06. The summed E-state index contributed by atoms with van der Waals surface area (Å²) in [6, 6.07) is 0.303. The summed E-state index contributed by atoms with van der Waals surface area (Å²) in [7, 11) is 0. The van der Waals surface area contributed by atoms with Gasteiger partial charge in [0.15, 0.2) is 0 Å². The average Bonchev–Trinajstić information content (AvgIpc) is 2.55. The van der Waals surface area contributed by atoms with Crippen LogP contribution in [0.5, 0.6) is 0 Å². The molecule has 0 aromatic rings. The SMILES string of the molecule is CC#CCC(N)C1CC1(C)C. The Morgan fingerprint density at radius 3 is 2.55 bits per heavy atom. The lowest BCUT2D eigenvalue weighted by Gasteiger charge is -2.08. The van der Waals surface area contributed by atoms with Crippen LogP contribution < -0.4 is 5.73 Å². The van der Waals surface area contributed by atoms with E-state index in [4.69, 9.17) is 5.73 Å². The molecule has 1 heteroatoms. The van der Waals surface area contributed by atoms with Gasteiger partial charge in [-0.25, -0.2) is 0 Å². The third-order valence-electron chi connectivity index (χ3n) is 2.62. The predicted molar refractivity (Wildman–Crippen MR) is 47.9 cm³/mol. The molecule has 1 nitrogen and oxygen atoms in total. The molecule has 0 aromatic heterocycles. The smallest absolute Gasteiger partial charge is 0.0243 e. The molecule has 0 aliphatic heterocycles. The second kappa shape index (κ2) is 2.87. The van der Waals surface area contributed by atoms with Crippen molar-refractivity contribution in [1.29, 1.82) is 0 Å². The van der Waals surface area contributed by atoms with Crippen molar-refractivity contribution in [2.24, 2.45) is 17.1 Å². The van der Waals surface area contributed by atoms with Crippen LogP contribution in [0.25, 0.3) is 0 Å². The van der Waals surface area contributed by atoms with Gasteiger partial charge in [-0.2, -0.15) is 0 Å². The molecule has 1 fully saturated rings.